The minimum atomic E-state index is 0.511. The van der Waals surface area contributed by atoms with E-state index in [1.165, 1.54) is 25.7 Å². The van der Waals surface area contributed by atoms with Crippen LogP contribution in [0.5, 0.6) is 0 Å². The smallest absolute Gasteiger partial charge is 0.229 e. The van der Waals surface area contributed by atoms with Gasteiger partial charge in [-0.15, -0.1) is 0 Å². The quantitative estimate of drug-likeness (QED) is 0.718. The molecule has 0 spiro atoms. The number of hydrogen-bond acceptors (Lipinski definition) is 6. The Morgan fingerprint density at radius 1 is 0.889 bits per heavy atom. The molecule has 0 atom stereocenters. The normalized spacial score (nSPS) is 15.7. The zero-order valence-corrected chi connectivity index (χ0v) is 11.2. The highest BCUT2D eigenvalue weighted by Crippen LogP contribution is 2.21. The second kappa shape index (κ2) is 6.37. The molecule has 6 heteroatoms. The highest BCUT2D eigenvalue weighted by Gasteiger charge is 2.16. The molecule has 0 radical (unpaired) electrons. The van der Waals surface area contributed by atoms with E-state index in [1.807, 2.05) is 13.8 Å². The van der Waals surface area contributed by atoms with E-state index in [0.29, 0.717) is 23.9 Å². The summed E-state index contributed by atoms with van der Waals surface area (Å²) in [6.45, 7) is 5.67. The first-order valence-corrected chi connectivity index (χ1v) is 6.82. The molecule has 1 aliphatic carbocycles. The first-order chi connectivity index (χ1) is 8.81. The standard InChI is InChI=1S/C12H22N6/c1-3-13-10-16-11(14-4-2)18-12(17-10)15-9-7-5-6-8-9/h9H,3-8H2,1-2H3,(H3,13,14,15,16,17,18). The first kappa shape index (κ1) is 12.9. The Bertz CT molecular complexity index is 351. The number of hydrogen-bond donors (Lipinski definition) is 3. The predicted octanol–water partition coefficient (Wildman–Crippen LogP) is 2.09. The lowest BCUT2D eigenvalue weighted by Crippen LogP contribution is -2.19. The Kier molecular flexibility index (Phi) is 4.55. The van der Waals surface area contributed by atoms with Crippen molar-refractivity contribution in [3.8, 4) is 0 Å². The topological polar surface area (TPSA) is 74.8 Å². The van der Waals surface area contributed by atoms with E-state index in [0.717, 1.165) is 13.1 Å². The summed E-state index contributed by atoms with van der Waals surface area (Å²) in [5.74, 6) is 1.93. The number of nitrogens with zero attached hydrogens (tertiary/aromatic N) is 3. The van der Waals surface area contributed by atoms with Gasteiger partial charge in [-0.25, -0.2) is 0 Å². The molecule has 1 fully saturated rings. The van der Waals surface area contributed by atoms with Crippen molar-refractivity contribution in [2.24, 2.45) is 0 Å². The third kappa shape index (κ3) is 3.45. The second-order valence-corrected chi connectivity index (χ2v) is 4.49. The lowest BCUT2D eigenvalue weighted by atomic mass is 10.3. The van der Waals surface area contributed by atoms with Gasteiger partial charge in [0.05, 0.1) is 0 Å². The SMILES string of the molecule is CCNc1nc(NCC)nc(NC2CCCC2)n1. The third-order valence-corrected chi connectivity index (χ3v) is 2.99. The molecular formula is C12H22N6. The number of aromatic nitrogens is 3. The van der Waals surface area contributed by atoms with E-state index in [4.69, 9.17) is 0 Å². The van der Waals surface area contributed by atoms with Gasteiger partial charge in [-0.1, -0.05) is 12.8 Å². The summed E-state index contributed by atoms with van der Waals surface area (Å²) in [4.78, 5) is 13.1. The van der Waals surface area contributed by atoms with E-state index in [1.54, 1.807) is 0 Å². The largest absolute Gasteiger partial charge is 0.354 e. The number of anilines is 3. The summed E-state index contributed by atoms with van der Waals surface area (Å²) in [5, 5.41) is 9.66. The van der Waals surface area contributed by atoms with Crippen LogP contribution in [0.4, 0.5) is 17.8 Å². The number of rotatable bonds is 6. The summed E-state index contributed by atoms with van der Waals surface area (Å²) in [7, 11) is 0. The van der Waals surface area contributed by atoms with Gasteiger partial charge in [0, 0.05) is 19.1 Å². The van der Waals surface area contributed by atoms with Crippen LogP contribution in [0.1, 0.15) is 39.5 Å². The third-order valence-electron chi connectivity index (χ3n) is 2.99. The molecule has 1 aliphatic rings. The molecule has 0 bridgehead atoms. The summed E-state index contributed by atoms with van der Waals surface area (Å²) in [6.07, 6.45) is 5.00. The summed E-state index contributed by atoms with van der Waals surface area (Å²) < 4.78 is 0. The molecule has 0 unspecified atom stereocenters. The average molecular weight is 250 g/mol. The van der Waals surface area contributed by atoms with Gasteiger partial charge >= 0.3 is 0 Å². The van der Waals surface area contributed by atoms with E-state index < -0.39 is 0 Å². The lowest BCUT2D eigenvalue weighted by molar-refractivity contribution is 0.742. The van der Waals surface area contributed by atoms with Crippen molar-refractivity contribution in [3.05, 3.63) is 0 Å². The van der Waals surface area contributed by atoms with Gasteiger partial charge in [-0.3, -0.25) is 0 Å². The van der Waals surface area contributed by atoms with E-state index >= 15 is 0 Å². The zero-order chi connectivity index (χ0) is 12.8. The fraction of sp³-hybridized carbons (Fsp3) is 0.750. The van der Waals surface area contributed by atoms with Crippen molar-refractivity contribution in [2.75, 3.05) is 29.0 Å². The van der Waals surface area contributed by atoms with Crippen LogP contribution in [0.2, 0.25) is 0 Å². The molecule has 0 aromatic carbocycles. The maximum absolute atomic E-state index is 4.38. The second-order valence-electron chi connectivity index (χ2n) is 4.49. The maximum atomic E-state index is 4.38. The Balaban J connectivity index is 2.10. The molecule has 1 aromatic heterocycles. The first-order valence-electron chi connectivity index (χ1n) is 6.82. The van der Waals surface area contributed by atoms with Crippen LogP contribution >= 0.6 is 0 Å². The average Bonchev–Trinajstić information content (AvgIpc) is 2.82. The van der Waals surface area contributed by atoms with Gasteiger partial charge in [-0.05, 0) is 26.7 Å². The van der Waals surface area contributed by atoms with Crippen LogP contribution in [0.25, 0.3) is 0 Å². The molecule has 0 saturated heterocycles. The monoisotopic (exact) mass is 250 g/mol. The van der Waals surface area contributed by atoms with Crippen molar-refractivity contribution in [1.82, 2.24) is 15.0 Å². The van der Waals surface area contributed by atoms with Crippen molar-refractivity contribution in [2.45, 2.75) is 45.6 Å². The van der Waals surface area contributed by atoms with Crippen molar-refractivity contribution < 1.29 is 0 Å². The Labute approximate surface area is 108 Å². The lowest BCUT2D eigenvalue weighted by Gasteiger charge is -2.13. The molecule has 6 nitrogen and oxygen atoms in total. The minimum Gasteiger partial charge on any atom is -0.354 e. The van der Waals surface area contributed by atoms with Gasteiger partial charge in [0.15, 0.2) is 0 Å². The van der Waals surface area contributed by atoms with E-state index in [2.05, 4.69) is 30.9 Å². The van der Waals surface area contributed by atoms with E-state index in [9.17, 15) is 0 Å². The Morgan fingerprint density at radius 3 is 1.89 bits per heavy atom. The molecule has 1 aromatic rings. The number of nitrogens with one attached hydrogen (secondary N) is 3. The van der Waals surface area contributed by atoms with Crippen molar-refractivity contribution >= 4 is 17.8 Å². The van der Waals surface area contributed by atoms with Crippen LogP contribution in [0, 0.1) is 0 Å². The van der Waals surface area contributed by atoms with Crippen molar-refractivity contribution in [1.29, 1.82) is 0 Å². The van der Waals surface area contributed by atoms with Gasteiger partial charge in [0.1, 0.15) is 0 Å². The van der Waals surface area contributed by atoms with Crippen LogP contribution < -0.4 is 16.0 Å². The predicted molar refractivity (Wildman–Crippen MR) is 74.0 cm³/mol. The van der Waals surface area contributed by atoms with Gasteiger partial charge in [0.2, 0.25) is 17.8 Å². The molecule has 1 saturated carbocycles. The summed E-state index contributed by atoms with van der Waals surface area (Å²) in [5.41, 5.74) is 0. The molecular weight excluding hydrogens is 228 g/mol. The van der Waals surface area contributed by atoms with Crippen LogP contribution in [0.15, 0.2) is 0 Å². The fourth-order valence-corrected chi connectivity index (χ4v) is 2.17. The van der Waals surface area contributed by atoms with Crippen molar-refractivity contribution in [3.63, 3.8) is 0 Å². The van der Waals surface area contributed by atoms with Crippen LogP contribution in [-0.2, 0) is 0 Å². The summed E-state index contributed by atoms with van der Waals surface area (Å²) >= 11 is 0. The Morgan fingerprint density at radius 2 is 1.39 bits per heavy atom. The Hall–Kier alpha value is -1.59. The molecule has 2 rings (SSSR count). The highest BCUT2D eigenvalue weighted by molar-refractivity contribution is 5.42. The fourth-order valence-electron chi connectivity index (χ4n) is 2.17. The molecule has 100 valence electrons. The highest BCUT2D eigenvalue weighted by atomic mass is 15.3. The molecule has 18 heavy (non-hydrogen) atoms. The van der Waals surface area contributed by atoms with Gasteiger partial charge in [-0.2, -0.15) is 15.0 Å². The molecule has 0 aliphatic heterocycles. The van der Waals surface area contributed by atoms with E-state index in [-0.39, 0.29) is 0 Å². The summed E-state index contributed by atoms with van der Waals surface area (Å²) in [6, 6.07) is 0.511. The zero-order valence-electron chi connectivity index (χ0n) is 11.2. The molecule has 3 N–H and O–H groups in total. The van der Waals surface area contributed by atoms with Gasteiger partial charge < -0.3 is 16.0 Å². The molecule has 1 heterocycles. The van der Waals surface area contributed by atoms with Crippen LogP contribution in [-0.4, -0.2) is 34.1 Å². The molecule has 0 amide bonds. The van der Waals surface area contributed by atoms with Gasteiger partial charge in [0.25, 0.3) is 0 Å². The minimum absolute atomic E-state index is 0.511. The van der Waals surface area contributed by atoms with Crippen LogP contribution in [0.3, 0.4) is 0 Å². The maximum Gasteiger partial charge on any atom is 0.229 e.